The SMILES string of the molecule is CCCCCCCN(CCCCCCC)C(=O)CCC(=O)N(C)C. The van der Waals surface area contributed by atoms with E-state index >= 15 is 0 Å². The van der Waals surface area contributed by atoms with Gasteiger partial charge in [-0.3, -0.25) is 9.59 Å². The summed E-state index contributed by atoms with van der Waals surface area (Å²) in [6.07, 6.45) is 12.8. The lowest BCUT2D eigenvalue weighted by Gasteiger charge is -2.23. The van der Waals surface area contributed by atoms with Gasteiger partial charge in [0.05, 0.1) is 0 Å². The lowest BCUT2D eigenvalue weighted by Crippen LogP contribution is -2.34. The molecule has 0 aliphatic carbocycles. The van der Waals surface area contributed by atoms with Crippen LogP contribution >= 0.6 is 0 Å². The normalized spacial score (nSPS) is 10.7. The van der Waals surface area contributed by atoms with Crippen molar-refractivity contribution in [2.45, 2.75) is 90.9 Å². The first-order chi connectivity index (χ1) is 11.5. The van der Waals surface area contributed by atoms with Crippen molar-refractivity contribution in [3.8, 4) is 0 Å². The molecule has 0 fully saturated rings. The number of hydrogen-bond donors (Lipinski definition) is 0. The van der Waals surface area contributed by atoms with Crippen molar-refractivity contribution in [3.05, 3.63) is 0 Å². The van der Waals surface area contributed by atoms with E-state index in [0.717, 1.165) is 25.9 Å². The van der Waals surface area contributed by atoms with Crippen molar-refractivity contribution in [1.82, 2.24) is 9.80 Å². The Morgan fingerprint density at radius 1 is 0.625 bits per heavy atom. The third kappa shape index (κ3) is 12.4. The van der Waals surface area contributed by atoms with Crippen molar-refractivity contribution in [2.24, 2.45) is 0 Å². The summed E-state index contributed by atoms with van der Waals surface area (Å²) < 4.78 is 0. The average Bonchev–Trinajstić information content (AvgIpc) is 2.56. The van der Waals surface area contributed by atoms with E-state index in [4.69, 9.17) is 0 Å². The standard InChI is InChI=1S/C20H40N2O2/c1-5-7-9-11-13-17-22(18-14-12-10-8-6-2)20(24)16-15-19(23)21(3)4/h5-18H2,1-4H3. The highest BCUT2D eigenvalue weighted by atomic mass is 16.2. The molecule has 0 aliphatic heterocycles. The van der Waals surface area contributed by atoms with Crippen molar-refractivity contribution >= 4 is 11.8 Å². The minimum atomic E-state index is 0.0363. The van der Waals surface area contributed by atoms with Crippen LogP contribution in [0.2, 0.25) is 0 Å². The number of nitrogens with zero attached hydrogens (tertiary/aromatic N) is 2. The van der Waals surface area contributed by atoms with Gasteiger partial charge >= 0.3 is 0 Å². The zero-order valence-electron chi connectivity index (χ0n) is 16.6. The Hall–Kier alpha value is -1.06. The van der Waals surface area contributed by atoms with Gasteiger partial charge in [-0.2, -0.15) is 0 Å². The molecular formula is C20H40N2O2. The van der Waals surface area contributed by atoms with E-state index in [1.165, 1.54) is 51.4 Å². The largest absolute Gasteiger partial charge is 0.349 e. The quantitative estimate of drug-likeness (QED) is 0.408. The molecule has 0 bridgehead atoms. The van der Waals surface area contributed by atoms with Gasteiger partial charge in [0.15, 0.2) is 0 Å². The second kappa shape index (κ2) is 15.5. The molecule has 2 amide bonds. The Bertz CT molecular complexity index is 316. The van der Waals surface area contributed by atoms with Gasteiger partial charge in [0.2, 0.25) is 11.8 Å². The van der Waals surface area contributed by atoms with E-state index in [1.54, 1.807) is 19.0 Å². The Balaban J connectivity index is 4.21. The fourth-order valence-corrected chi connectivity index (χ4v) is 2.77. The summed E-state index contributed by atoms with van der Waals surface area (Å²) in [6.45, 7) is 6.14. The maximum absolute atomic E-state index is 12.5. The first kappa shape index (κ1) is 22.9. The molecule has 0 saturated carbocycles. The number of amides is 2. The molecule has 142 valence electrons. The third-order valence-electron chi connectivity index (χ3n) is 4.47. The van der Waals surface area contributed by atoms with Crippen LogP contribution in [0.15, 0.2) is 0 Å². The Morgan fingerprint density at radius 2 is 1.04 bits per heavy atom. The minimum absolute atomic E-state index is 0.0363. The maximum Gasteiger partial charge on any atom is 0.223 e. The van der Waals surface area contributed by atoms with Crippen LogP contribution in [0, 0.1) is 0 Å². The van der Waals surface area contributed by atoms with Gasteiger partial charge in [0.25, 0.3) is 0 Å². The topological polar surface area (TPSA) is 40.6 Å². The van der Waals surface area contributed by atoms with E-state index in [9.17, 15) is 9.59 Å². The van der Waals surface area contributed by atoms with Crippen LogP contribution in [0.3, 0.4) is 0 Å². The van der Waals surface area contributed by atoms with Gasteiger partial charge in [-0.15, -0.1) is 0 Å². The van der Waals surface area contributed by atoms with Crippen LogP contribution in [0.25, 0.3) is 0 Å². The van der Waals surface area contributed by atoms with Gasteiger partial charge in [-0.05, 0) is 12.8 Å². The van der Waals surface area contributed by atoms with Crippen molar-refractivity contribution in [1.29, 1.82) is 0 Å². The smallest absolute Gasteiger partial charge is 0.223 e. The molecule has 24 heavy (non-hydrogen) atoms. The van der Waals surface area contributed by atoms with Crippen molar-refractivity contribution in [3.63, 3.8) is 0 Å². The first-order valence-electron chi connectivity index (χ1n) is 10.0. The van der Waals surface area contributed by atoms with Crippen molar-refractivity contribution < 1.29 is 9.59 Å². The fourth-order valence-electron chi connectivity index (χ4n) is 2.77. The van der Waals surface area contributed by atoms with Gasteiger partial charge in [-0.1, -0.05) is 65.2 Å². The lowest BCUT2D eigenvalue weighted by molar-refractivity contribution is -0.136. The summed E-state index contributed by atoms with van der Waals surface area (Å²) in [5.41, 5.74) is 0. The molecular weight excluding hydrogens is 300 g/mol. The number of hydrogen-bond acceptors (Lipinski definition) is 2. The summed E-state index contributed by atoms with van der Waals surface area (Å²) in [6, 6.07) is 0. The van der Waals surface area contributed by atoms with E-state index in [2.05, 4.69) is 13.8 Å². The highest BCUT2D eigenvalue weighted by Gasteiger charge is 2.15. The molecule has 0 rings (SSSR count). The van der Waals surface area contributed by atoms with Crippen LogP contribution in [0.1, 0.15) is 90.9 Å². The summed E-state index contributed by atoms with van der Waals surface area (Å²) in [5, 5.41) is 0. The fraction of sp³-hybridized carbons (Fsp3) is 0.900. The second-order valence-corrected chi connectivity index (χ2v) is 7.00. The number of rotatable bonds is 15. The summed E-state index contributed by atoms with van der Waals surface area (Å²) in [4.78, 5) is 27.7. The average molecular weight is 341 g/mol. The van der Waals surface area contributed by atoms with E-state index in [1.807, 2.05) is 4.90 Å². The number of carbonyl (C=O) groups is 2. The van der Waals surface area contributed by atoms with Crippen LogP contribution < -0.4 is 0 Å². The zero-order valence-corrected chi connectivity index (χ0v) is 16.6. The molecule has 4 nitrogen and oxygen atoms in total. The first-order valence-corrected chi connectivity index (χ1v) is 10.0. The van der Waals surface area contributed by atoms with Gasteiger partial charge < -0.3 is 9.80 Å². The maximum atomic E-state index is 12.5. The van der Waals surface area contributed by atoms with E-state index < -0.39 is 0 Å². The molecule has 0 atom stereocenters. The number of carbonyl (C=O) groups excluding carboxylic acids is 2. The van der Waals surface area contributed by atoms with E-state index in [0.29, 0.717) is 12.8 Å². The molecule has 0 heterocycles. The minimum Gasteiger partial charge on any atom is -0.349 e. The second-order valence-electron chi connectivity index (χ2n) is 7.00. The van der Waals surface area contributed by atoms with Crippen LogP contribution in [0.5, 0.6) is 0 Å². The highest BCUT2D eigenvalue weighted by molar-refractivity contribution is 5.83. The molecule has 0 radical (unpaired) electrons. The molecule has 4 heteroatoms. The molecule has 0 aromatic rings. The monoisotopic (exact) mass is 340 g/mol. The Kier molecular flexibility index (Phi) is 14.8. The molecule has 0 N–H and O–H groups in total. The van der Waals surface area contributed by atoms with Crippen LogP contribution in [0.4, 0.5) is 0 Å². The summed E-state index contributed by atoms with van der Waals surface area (Å²) in [7, 11) is 3.48. The molecule has 0 aliphatic rings. The Labute approximate surface area is 150 Å². The Morgan fingerprint density at radius 3 is 1.46 bits per heavy atom. The van der Waals surface area contributed by atoms with Crippen LogP contribution in [-0.4, -0.2) is 48.8 Å². The van der Waals surface area contributed by atoms with Crippen LogP contribution in [-0.2, 0) is 9.59 Å². The molecule has 0 saturated heterocycles. The zero-order chi connectivity index (χ0) is 18.2. The molecule has 0 aromatic heterocycles. The predicted molar refractivity (Wildman–Crippen MR) is 102 cm³/mol. The molecule has 0 spiro atoms. The van der Waals surface area contributed by atoms with E-state index in [-0.39, 0.29) is 11.8 Å². The summed E-state index contributed by atoms with van der Waals surface area (Å²) >= 11 is 0. The van der Waals surface area contributed by atoms with Crippen molar-refractivity contribution in [2.75, 3.05) is 27.2 Å². The third-order valence-corrected chi connectivity index (χ3v) is 4.47. The van der Waals surface area contributed by atoms with Gasteiger partial charge in [0.1, 0.15) is 0 Å². The number of unbranched alkanes of at least 4 members (excludes halogenated alkanes) is 8. The van der Waals surface area contributed by atoms with Gasteiger partial charge in [0, 0.05) is 40.0 Å². The predicted octanol–water partition coefficient (Wildman–Crippen LogP) is 4.62. The molecule has 0 unspecified atom stereocenters. The lowest BCUT2D eigenvalue weighted by atomic mass is 10.1. The molecule has 0 aromatic carbocycles. The summed E-state index contributed by atoms with van der Waals surface area (Å²) in [5.74, 6) is 0.186. The highest BCUT2D eigenvalue weighted by Crippen LogP contribution is 2.09. The van der Waals surface area contributed by atoms with Gasteiger partial charge in [-0.25, -0.2) is 0 Å².